The Morgan fingerprint density at radius 1 is 1.04 bits per heavy atom. The Hall–Kier alpha value is -3.28. The molecule has 0 spiro atoms. The summed E-state index contributed by atoms with van der Waals surface area (Å²) in [6, 6.07) is 14.0. The maximum atomic E-state index is 13.1. The number of nitrogens with zero attached hydrogens (tertiary/aromatic N) is 4. The van der Waals surface area contributed by atoms with Gasteiger partial charge in [-0.3, -0.25) is 4.79 Å². The molecule has 6 heteroatoms. The summed E-state index contributed by atoms with van der Waals surface area (Å²) in [7, 11) is 0. The Kier molecular flexibility index (Phi) is 4.08. The highest BCUT2D eigenvalue weighted by molar-refractivity contribution is 5.84. The van der Waals surface area contributed by atoms with E-state index >= 15 is 0 Å². The first kappa shape index (κ1) is 16.2. The fourth-order valence-corrected chi connectivity index (χ4v) is 3.13. The minimum atomic E-state index is 0.0552. The average Bonchev–Trinajstić information content (AvgIpc) is 3.15. The van der Waals surface area contributed by atoms with E-state index in [2.05, 4.69) is 25.2 Å². The number of benzene rings is 2. The molecule has 26 heavy (non-hydrogen) atoms. The summed E-state index contributed by atoms with van der Waals surface area (Å²) >= 11 is 0. The van der Waals surface area contributed by atoms with E-state index in [4.69, 9.17) is 0 Å². The molecule has 0 aliphatic heterocycles. The van der Waals surface area contributed by atoms with Crippen molar-refractivity contribution in [2.45, 2.75) is 26.8 Å². The van der Waals surface area contributed by atoms with Gasteiger partial charge in [0.15, 0.2) is 11.3 Å². The van der Waals surface area contributed by atoms with E-state index in [-0.39, 0.29) is 5.43 Å². The van der Waals surface area contributed by atoms with Gasteiger partial charge >= 0.3 is 0 Å². The van der Waals surface area contributed by atoms with Crippen LogP contribution in [0.25, 0.3) is 22.0 Å². The monoisotopic (exact) mass is 345 g/mol. The minimum absolute atomic E-state index is 0.0552. The summed E-state index contributed by atoms with van der Waals surface area (Å²) in [6.07, 6.45) is 2.57. The maximum absolute atomic E-state index is 13.1. The highest BCUT2D eigenvalue weighted by Crippen LogP contribution is 2.21. The van der Waals surface area contributed by atoms with Gasteiger partial charge in [-0.1, -0.05) is 41.1 Å². The van der Waals surface area contributed by atoms with Crippen molar-refractivity contribution in [3.63, 3.8) is 0 Å². The molecule has 2 heterocycles. The minimum Gasteiger partial charge on any atom is -0.346 e. The van der Waals surface area contributed by atoms with Crippen molar-refractivity contribution in [1.29, 1.82) is 0 Å². The smallest absolute Gasteiger partial charge is 0.197 e. The van der Waals surface area contributed by atoms with Crippen molar-refractivity contribution in [2.24, 2.45) is 0 Å². The summed E-state index contributed by atoms with van der Waals surface area (Å²) < 4.78 is 2.11. The summed E-state index contributed by atoms with van der Waals surface area (Å²) in [5, 5.41) is 14.8. The molecule has 2 aromatic carbocycles. The number of pyridine rings is 1. The van der Waals surface area contributed by atoms with Crippen LogP contribution in [0.4, 0.5) is 0 Å². The lowest BCUT2D eigenvalue weighted by molar-refractivity contribution is 0.690. The van der Waals surface area contributed by atoms with Crippen molar-refractivity contribution >= 4 is 10.9 Å². The first-order valence-corrected chi connectivity index (χ1v) is 8.55. The molecule has 0 amide bonds. The van der Waals surface area contributed by atoms with Crippen LogP contribution in [0.3, 0.4) is 0 Å². The summed E-state index contributed by atoms with van der Waals surface area (Å²) in [5.74, 6) is 0.654. The molecule has 0 fully saturated rings. The van der Waals surface area contributed by atoms with Gasteiger partial charge in [-0.2, -0.15) is 5.21 Å². The van der Waals surface area contributed by atoms with Gasteiger partial charge in [-0.15, -0.1) is 10.2 Å². The van der Waals surface area contributed by atoms with Crippen LogP contribution >= 0.6 is 0 Å². The molecule has 0 unspecified atom stereocenters. The van der Waals surface area contributed by atoms with Crippen LogP contribution in [0.1, 0.15) is 17.0 Å². The molecule has 4 rings (SSSR count). The molecule has 0 bridgehead atoms. The van der Waals surface area contributed by atoms with E-state index in [1.807, 2.05) is 62.5 Å². The number of aromatic nitrogens is 5. The van der Waals surface area contributed by atoms with Gasteiger partial charge in [0.2, 0.25) is 0 Å². The molecule has 4 aromatic rings. The van der Waals surface area contributed by atoms with E-state index in [1.54, 1.807) is 0 Å². The van der Waals surface area contributed by atoms with Crippen LogP contribution in [0.15, 0.2) is 53.5 Å². The second-order valence-electron chi connectivity index (χ2n) is 6.53. The lowest BCUT2D eigenvalue weighted by Gasteiger charge is -2.14. The number of aryl methyl sites for hydroxylation is 4. The van der Waals surface area contributed by atoms with Gasteiger partial charge in [0, 0.05) is 30.1 Å². The van der Waals surface area contributed by atoms with Crippen LogP contribution in [0.5, 0.6) is 0 Å². The maximum Gasteiger partial charge on any atom is 0.197 e. The van der Waals surface area contributed by atoms with E-state index < -0.39 is 0 Å². The van der Waals surface area contributed by atoms with Gasteiger partial charge in [-0.25, -0.2) is 0 Å². The summed E-state index contributed by atoms with van der Waals surface area (Å²) in [5.41, 5.74) is 4.90. The fourth-order valence-electron chi connectivity index (χ4n) is 3.13. The number of tetrazole rings is 1. The molecular weight excluding hydrogens is 326 g/mol. The number of fused-ring (bicyclic) bond motifs is 1. The molecule has 6 nitrogen and oxygen atoms in total. The highest BCUT2D eigenvalue weighted by Gasteiger charge is 2.12. The van der Waals surface area contributed by atoms with Crippen molar-refractivity contribution in [3.05, 3.63) is 75.8 Å². The predicted molar refractivity (Wildman–Crippen MR) is 101 cm³/mol. The Morgan fingerprint density at radius 2 is 1.81 bits per heavy atom. The van der Waals surface area contributed by atoms with E-state index in [9.17, 15) is 4.79 Å². The molecule has 0 saturated carbocycles. The van der Waals surface area contributed by atoms with Crippen LogP contribution in [0.2, 0.25) is 0 Å². The molecule has 2 aromatic heterocycles. The molecule has 0 aliphatic rings. The lowest BCUT2D eigenvalue weighted by Crippen LogP contribution is -2.13. The average molecular weight is 345 g/mol. The molecular formula is C20H19N5O. The fraction of sp³-hybridized carbons (Fsp3) is 0.200. The Balaban J connectivity index is 1.87. The van der Waals surface area contributed by atoms with Crippen LogP contribution < -0.4 is 5.43 Å². The number of rotatable bonds is 4. The van der Waals surface area contributed by atoms with Gasteiger partial charge in [0.05, 0.1) is 5.52 Å². The first-order chi connectivity index (χ1) is 12.6. The van der Waals surface area contributed by atoms with Gasteiger partial charge in [-0.05, 0) is 37.1 Å². The zero-order valence-corrected chi connectivity index (χ0v) is 14.7. The third kappa shape index (κ3) is 3.01. The number of hydrogen-bond donors (Lipinski definition) is 1. The first-order valence-electron chi connectivity index (χ1n) is 8.55. The molecule has 0 radical (unpaired) electrons. The molecule has 0 saturated heterocycles. The molecule has 1 N–H and O–H groups in total. The Bertz CT molecular complexity index is 1110. The second kappa shape index (κ2) is 6.55. The Morgan fingerprint density at radius 3 is 2.54 bits per heavy atom. The largest absolute Gasteiger partial charge is 0.346 e. The van der Waals surface area contributed by atoms with Crippen molar-refractivity contribution < 1.29 is 0 Å². The zero-order valence-electron chi connectivity index (χ0n) is 14.7. The van der Waals surface area contributed by atoms with Crippen LogP contribution in [0, 0.1) is 13.8 Å². The van der Waals surface area contributed by atoms with Gasteiger partial charge < -0.3 is 4.57 Å². The van der Waals surface area contributed by atoms with Gasteiger partial charge in [0.1, 0.15) is 0 Å². The second-order valence-corrected chi connectivity index (χ2v) is 6.53. The van der Waals surface area contributed by atoms with Crippen molar-refractivity contribution in [3.8, 4) is 11.1 Å². The summed E-state index contributed by atoms with van der Waals surface area (Å²) in [4.78, 5) is 13.1. The number of H-pyrrole nitrogens is 1. The van der Waals surface area contributed by atoms with Gasteiger partial charge in [0.25, 0.3) is 0 Å². The third-order valence-corrected chi connectivity index (χ3v) is 4.56. The molecule has 130 valence electrons. The predicted octanol–water partition coefficient (Wildman–Crippen LogP) is 3.04. The topological polar surface area (TPSA) is 76.5 Å². The molecule has 0 atom stereocenters. The normalized spacial score (nSPS) is 11.2. The number of nitrogens with one attached hydrogen (secondary N) is 1. The molecule has 0 aliphatic carbocycles. The lowest BCUT2D eigenvalue weighted by atomic mass is 10.0. The quantitative estimate of drug-likeness (QED) is 0.617. The van der Waals surface area contributed by atoms with Crippen LogP contribution in [-0.2, 0) is 13.0 Å². The highest BCUT2D eigenvalue weighted by atomic mass is 16.1. The standard InChI is InChI=1S/C20H19N5O/c1-13-3-6-15(7-4-13)17-12-25(10-9-19-21-23-24-22-19)18-11-14(2)5-8-16(18)20(17)26/h3-8,11-12H,9-10H2,1-2H3,(H,21,22,23,24). The van der Waals surface area contributed by atoms with Crippen molar-refractivity contribution in [1.82, 2.24) is 25.2 Å². The van der Waals surface area contributed by atoms with Crippen molar-refractivity contribution in [2.75, 3.05) is 0 Å². The van der Waals surface area contributed by atoms with E-state index in [1.165, 1.54) is 5.56 Å². The Labute approximate surface area is 150 Å². The summed E-state index contributed by atoms with van der Waals surface area (Å²) in [6.45, 7) is 4.73. The number of hydrogen-bond acceptors (Lipinski definition) is 4. The van der Waals surface area contributed by atoms with Crippen LogP contribution in [-0.4, -0.2) is 25.2 Å². The third-order valence-electron chi connectivity index (χ3n) is 4.56. The zero-order chi connectivity index (χ0) is 18.1. The number of aromatic amines is 1. The van der Waals surface area contributed by atoms with E-state index in [0.29, 0.717) is 24.4 Å². The van der Waals surface area contributed by atoms with E-state index in [0.717, 1.165) is 22.0 Å². The SMILES string of the molecule is Cc1ccc(-c2cn(CCc3nn[nH]n3)c3cc(C)ccc3c2=O)cc1.